The molecule has 0 unspecified atom stereocenters. The average molecular weight is 156 g/mol. The molecule has 0 fully saturated rings. The van der Waals surface area contributed by atoms with Crippen molar-refractivity contribution < 1.29 is 14.2 Å². The van der Waals surface area contributed by atoms with Gasteiger partial charge in [0.25, 0.3) is 0 Å². The topological polar surface area (TPSA) is 64.4 Å². The highest BCUT2D eigenvalue weighted by Crippen LogP contribution is 1.96. The Kier molecular flexibility index (Phi) is 2.62. The van der Waals surface area contributed by atoms with Crippen LogP contribution in [0.4, 0.5) is 0 Å². The highest BCUT2D eigenvalue weighted by atomic mass is 16.7. The number of carbonyl (C=O) groups is 1. The Labute approximate surface area is 63.3 Å². The maximum Gasteiger partial charge on any atom is 0.240 e. The molecule has 1 rings (SSSR count). The average Bonchev–Trinajstić information content (AvgIpc) is 2.39. The molecule has 0 aliphatic rings. The number of hydroxylamine groups is 1. The molecule has 11 heavy (non-hydrogen) atoms. The summed E-state index contributed by atoms with van der Waals surface area (Å²) in [5.41, 5.74) is 2.16. The van der Waals surface area contributed by atoms with Crippen molar-refractivity contribution in [3.8, 4) is 0 Å². The summed E-state index contributed by atoms with van der Waals surface area (Å²) in [6.07, 6.45) is 1.51. The summed E-state index contributed by atoms with van der Waals surface area (Å²) in [6, 6.07) is 1.65. The van der Waals surface area contributed by atoms with E-state index in [0.717, 1.165) is 0 Å². The van der Waals surface area contributed by atoms with Crippen molar-refractivity contribution in [3.63, 3.8) is 0 Å². The smallest absolute Gasteiger partial charge is 0.240 e. The maximum absolute atomic E-state index is 10.3. The van der Waals surface area contributed by atoms with E-state index in [-0.39, 0.29) is 12.5 Å². The van der Waals surface area contributed by atoms with Crippen LogP contribution in [0.3, 0.4) is 0 Å². The first-order valence-electron chi connectivity index (χ1n) is 3.07. The largest absolute Gasteiger partial charge is 0.359 e. The van der Waals surface area contributed by atoms with Gasteiger partial charge in [0.15, 0.2) is 5.76 Å². The molecule has 0 atom stereocenters. The van der Waals surface area contributed by atoms with Gasteiger partial charge in [-0.05, 0) is 0 Å². The first-order chi connectivity index (χ1) is 5.29. The van der Waals surface area contributed by atoms with Crippen LogP contribution in [0.2, 0.25) is 0 Å². The second-order valence-corrected chi connectivity index (χ2v) is 1.93. The SMILES string of the molecule is CC(=O)NOCc1ccno1. The summed E-state index contributed by atoms with van der Waals surface area (Å²) in [6.45, 7) is 1.56. The zero-order chi connectivity index (χ0) is 8.10. The van der Waals surface area contributed by atoms with Gasteiger partial charge in [-0.1, -0.05) is 5.16 Å². The Bertz CT molecular complexity index is 220. The molecular weight excluding hydrogens is 148 g/mol. The normalized spacial score (nSPS) is 9.55. The van der Waals surface area contributed by atoms with Crippen LogP contribution in [0.5, 0.6) is 0 Å². The molecule has 0 aliphatic heterocycles. The fourth-order valence-corrected chi connectivity index (χ4v) is 0.525. The predicted molar refractivity (Wildman–Crippen MR) is 35.1 cm³/mol. The van der Waals surface area contributed by atoms with Crippen LogP contribution >= 0.6 is 0 Å². The quantitative estimate of drug-likeness (QED) is 0.637. The van der Waals surface area contributed by atoms with Crippen molar-refractivity contribution in [2.24, 2.45) is 0 Å². The van der Waals surface area contributed by atoms with Gasteiger partial charge in [-0.15, -0.1) is 0 Å². The number of aromatic nitrogens is 1. The number of rotatable bonds is 3. The molecule has 0 aliphatic carbocycles. The van der Waals surface area contributed by atoms with Crippen molar-refractivity contribution in [2.45, 2.75) is 13.5 Å². The number of nitrogens with one attached hydrogen (secondary N) is 1. The van der Waals surface area contributed by atoms with Crippen molar-refractivity contribution in [1.82, 2.24) is 10.6 Å². The summed E-state index contributed by atoms with van der Waals surface area (Å²) in [4.78, 5) is 15.0. The van der Waals surface area contributed by atoms with Crippen molar-refractivity contribution in [1.29, 1.82) is 0 Å². The first kappa shape index (κ1) is 7.74. The van der Waals surface area contributed by atoms with E-state index in [4.69, 9.17) is 4.84 Å². The number of hydrogen-bond acceptors (Lipinski definition) is 4. The van der Waals surface area contributed by atoms with Crippen LogP contribution in [0, 0.1) is 0 Å². The fraction of sp³-hybridized carbons (Fsp3) is 0.333. The van der Waals surface area contributed by atoms with E-state index in [1.54, 1.807) is 6.07 Å². The van der Waals surface area contributed by atoms with Gasteiger partial charge in [-0.3, -0.25) is 9.63 Å². The fourth-order valence-electron chi connectivity index (χ4n) is 0.525. The minimum Gasteiger partial charge on any atom is -0.359 e. The summed E-state index contributed by atoms with van der Waals surface area (Å²) in [5.74, 6) is 0.322. The molecule has 0 aromatic carbocycles. The van der Waals surface area contributed by atoms with Gasteiger partial charge in [-0.25, -0.2) is 5.48 Å². The highest BCUT2D eigenvalue weighted by Gasteiger charge is 1.96. The van der Waals surface area contributed by atoms with E-state index in [2.05, 4.69) is 15.2 Å². The molecule has 0 saturated carbocycles. The van der Waals surface area contributed by atoms with Gasteiger partial charge in [0.05, 0.1) is 6.20 Å². The zero-order valence-corrected chi connectivity index (χ0v) is 6.03. The highest BCUT2D eigenvalue weighted by molar-refractivity contribution is 5.71. The molecule has 0 spiro atoms. The van der Waals surface area contributed by atoms with Gasteiger partial charge in [0, 0.05) is 13.0 Å². The van der Waals surface area contributed by atoms with E-state index < -0.39 is 0 Å². The van der Waals surface area contributed by atoms with Crippen LogP contribution in [-0.4, -0.2) is 11.1 Å². The molecular formula is C6H8N2O3. The number of amides is 1. The number of hydrogen-bond donors (Lipinski definition) is 1. The van der Waals surface area contributed by atoms with E-state index in [0.29, 0.717) is 5.76 Å². The lowest BCUT2D eigenvalue weighted by Crippen LogP contribution is -2.19. The lowest BCUT2D eigenvalue weighted by molar-refractivity contribution is -0.132. The summed E-state index contributed by atoms with van der Waals surface area (Å²) in [5, 5.41) is 3.45. The van der Waals surface area contributed by atoms with Gasteiger partial charge in [-0.2, -0.15) is 0 Å². The Balaban J connectivity index is 2.19. The van der Waals surface area contributed by atoms with Crippen molar-refractivity contribution >= 4 is 5.91 Å². The zero-order valence-electron chi connectivity index (χ0n) is 6.03. The molecule has 1 amide bonds. The Hall–Kier alpha value is -1.36. The molecule has 1 N–H and O–H groups in total. The van der Waals surface area contributed by atoms with Crippen molar-refractivity contribution in [3.05, 3.63) is 18.0 Å². The maximum atomic E-state index is 10.3. The van der Waals surface area contributed by atoms with E-state index in [1.165, 1.54) is 13.1 Å². The number of carbonyl (C=O) groups excluding carboxylic acids is 1. The lowest BCUT2D eigenvalue weighted by atomic mass is 10.5. The van der Waals surface area contributed by atoms with E-state index >= 15 is 0 Å². The van der Waals surface area contributed by atoms with Gasteiger partial charge >= 0.3 is 0 Å². The van der Waals surface area contributed by atoms with E-state index in [9.17, 15) is 4.79 Å². The third-order valence-corrected chi connectivity index (χ3v) is 0.922. The first-order valence-corrected chi connectivity index (χ1v) is 3.07. The Morgan fingerprint density at radius 3 is 3.27 bits per heavy atom. The summed E-state index contributed by atoms with van der Waals surface area (Å²) >= 11 is 0. The van der Waals surface area contributed by atoms with Gasteiger partial charge in [0.2, 0.25) is 5.91 Å². The molecule has 5 heteroatoms. The second kappa shape index (κ2) is 3.72. The van der Waals surface area contributed by atoms with Crippen LogP contribution in [0.25, 0.3) is 0 Å². The van der Waals surface area contributed by atoms with Crippen LogP contribution in [0.15, 0.2) is 16.8 Å². The minimum absolute atomic E-state index is 0.194. The monoisotopic (exact) mass is 156 g/mol. The predicted octanol–water partition coefficient (Wildman–Crippen LogP) is 0.242. The molecule has 5 nitrogen and oxygen atoms in total. The minimum atomic E-state index is -0.246. The molecule has 1 aromatic heterocycles. The summed E-state index contributed by atoms with van der Waals surface area (Å²) < 4.78 is 4.69. The van der Waals surface area contributed by atoms with Crippen LogP contribution in [0.1, 0.15) is 12.7 Å². The Morgan fingerprint density at radius 1 is 1.91 bits per heavy atom. The molecule has 1 aromatic rings. The third kappa shape index (κ3) is 2.81. The van der Waals surface area contributed by atoms with Gasteiger partial charge in [0.1, 0.15) is 6.61 Å². The lowest BCUT2D eigenvalue weighted by Gasteiger charge is -1.98. The molecule has 1 heterocycles. The van der Waals surface area contributed by atoms with Gasteiger partial charge < -0.3 is 4.52 Å². The molecule has 60 valence electrons. The second-order valence-electron chi connectivity index (χ2n) is 1.93. The molecule has 0 radical (unpaired) electrons. The molecule has 0 saturated heterocycles. The van der Waals surface area contributed by atoms with Crippen molar-refractivity contribution in [2.75, 3.05) is 0 Å². The standard InChI is InChI=1S/C6H8N2O3/c1-5(9)8-10-4-6-2-3-7-11-6/h2-3H,4H2,1H3,(H,8,9). The van der Waals surface area contributed by atoms with E-state index in [1.807, 2.05) is 0 Å². The van der Waals surface area contributed by atoms with Crippen LogP contribution < -0.4 is 5.48 Å². The number of nitrogens with zero attached hydrogens (tertiary/aromatic N) is 1. The third-order valence-electron chi connectivity index (χ3n) is 0.922. The summed E-state index contributed by atoms with van der Waals surface area (Å²) in [7, 11) is 0. The Morgan fingerprint density at radius 2 is 2.73 bits per heavy atom. The molecule has 0 bridgehead atoms. The van der Waals surface area contributed by atoms with Crippen LogP contribution in [-0.2, 0) is 16.2 Å².